The van der Waals surface area contributed by atoms with Gasteiger partial charge in [0.2, 0.25) is 5.91 Å². The summed E-state index contributed by atoms with van der Waals surface area (Å²) in [5, 5.41) is 4.00. The van der Waals surface area contributed by atoms with Crippen LogP contribution in [0.2, 0.25) is 0 Å². The van der Waals surface area contributed by atoms with Gasteiger partial charge in [-0.3, -0.25) is 4.79 Å². The molecule has 0 aliphatic rings. The Labute approximate surface area is 124 Å². The van der Waals surface area contributed by atoms with Crippen LogP contribution in [-0.2, 0) is 11.3 Å². The summed E-state index contributed by atoms with van der Waals surface area (Å²) in [4.78, 5) is 17.9. The highest BCUT2D eigenvalue weighted by atomic mass is 16.5. The average molecular weight is 288 g/mol. The number of aromatic nitrogens is 3. The van der Waals surface area contributed by atoms with Crippen LogP contribution in [0, 0.1) is 0 Å². The van der Waals surface area contributed by atoms with Crippen LogP contribution in [0.4, 0.5) is 0 Å². The molecule has 1 heterocycles. The molecule has 0 aliphatic carbocycles. The van der Waals surface area contributed by atoms with Crippen LogP contribution in [0.1, 0.15) is 25.5 Å². The molecule has 1 aromatic carbocycles. The van der Waals surface area contributed by atoms with Gasteiger partial charge in [-0.25, -0.2) is 9.67 Å². The van der Waals surface area contributed by atoms with Crippen molar-refractivity contribution < 1.29 is 9.53 Å². The first-order valence-electron chi connectivity index (χ1n) is 6.92. The third-order valence-corrected chi connectivity index (χ3v) is 3.22. The molecular weight excluding hydrogens is 268 g/mol. The lowest BCUT2D eigenvalue weighted by Gasteiger charge is -2.21. The standard InChI is InChI=1S/C15H20N4O2/c1-4-21-14-7-5-13(6-8-14)9-18(3)15(20)12(2)19-11-16-10-17-19/h5-8,10-12H,4,9H2,1-3H3/t12-/m0/s1. The summed E-state index contributed by atoms with van der Waals surface area (Å²) in [6, 6.07) is 7.40. The fourth-order valence-corrected chi connectivity index (χ4v) is 2.06. The topological polar surface area (TPSA) is 60.2 Å². The molecule has 0 spiro atoms. The maximum atomic E-state index is 12.3. The SMILES string of the molecule is CCOc1ccc(CN(C)C(=O)[C@H](C)n2cncn2)cc1. The zero-order chi connectivity index (χ0) is 15.2. The molecule has 0 radical (unpaired) electrons. The van der Waals surface area contributed by atoms with E-state index in [9.17, 15) is 4.79 Å². The quantitative estimate of drug-likeness (QED) is 0.814. The molecule has 2 rings (SSSR count). The number of hydrogen-bond donors (Lipinski definition) is 0. The molecule has 0 unspecified atom stereocenters. The molecule has 0 N–H and O–H groups in total. The van der Waals surface area contributed by atoms with Crippen molar-refractivity contribution in [1.29, 1.82) is 0 Å². The maximum Gasteiger partial charge on any atom is 0.247 e. The van der Waals surface area contributed by atoms with E-state index >= 15 is 0 Å². The van der Waals surface area contributed by atoms with Crippen molar-refractivity contribution in [3.8, 4) is 5.75 Å². The molecular formula is C15H20N4O2. The van der Waals surface area contributed by atoms with Gasteiger partial charge < -0.3 is 9.64 Å². The van der Waals surface area contributed by atoms with Crippen LogP contribution in [0.15, 0.2) is 36.9 Å². The summed E-state index contributed by atoms with van der Waals surface area (Å²) in [6.07, 6.45) is 2.98. The second-order valence-corrected chi connectivity index (χ2v) is 4.82. The van der Waals surface area contributed by atoms with Crippen LogP contribution >= 0.6 is 0 Å². The van der Waals surface area contributed by atoms with Gasteiger partial charge in [0.25, 0.3) is 0 Å². The van der Waals surface area contributed by atoms with Crippen molar-refractivity contribution in [3.63, 3.8) is 0 Å². The Kier molecular flexibility index (Phi) is 4.92. The Balaban J connectivity index is 1.97. The Morgan fingerprint density at radius 3 is 2.67 bits per heavy atom. The number of nitrogens with zero attached hydrogens (tertiary/aromatic N) is 4. The van der Waals surface area contributed by atoms with Crippen LogP contribution in [0.5, 0.6) is 5.75 Å². The predicted molar refractivity (Wildman–Crippen MR) is 78.8 cm³/mol. The fourth-order valence-electron chi connectivity index (χ4n) is 2.06. The van der Waals surface area contributed by atoms with E-state index in [1.807, 2.05) is 38.1 Å². The van der Waals surface area contributed by atoms with Gasteiger partial charge in [-0.1, -0.05) is 12.1 Å². The number of benzene rings is 1. The second-order valence-electron chi connectivity index (χ2n) is 4.82. The predicted octanol–water partition coefficient (Wildman–Crippen LogP) is 1.90. The highest BCUT2D eigenvalue weighted by molar-refractivity contribution is 5.79. The van der Waals surface area contributed by atoms with E-state index in [2.05, 4.69) is 10.1 Å². The Morgan fingerprint density at radius 1 is 1.38 bits per heavy atom. The first-order valence-corrected chi connectivity index (χ1v) is 6.92. The average Bonchev–Trinajstić information content (AvgIpc) is 3.02. The van der Waals surface area contributed by atoms with Gasteiger partial charge in [0, 0.05) is 13.6 Å². The van der Waals surface area contributed by atoms with E-state index in [4.69, 9.17) is 4.74 Å². The van der Waals surface area contributed by atoms with E-state index in [-0.39, 0.29) is 11.9 Å². The van der Waals surface area contributed by atoms with Crippen molar-refractivity contribution in [2.75, 3.05) is 13.7 Å². The molecule has 0 aliphatic heterocycles. The molecule has 0 bridgehead atoms. The summed E-state index contributed by atoms with van der Waals surface area (Å²) < 4.78 is 6.95. The first kappa shape index (κ1) is 15.0. The summed E-state index contributed by atoms with van der Waals surface area (Å²) in [6.45, 7) is 4.95. The molecule has 2 aromatic rings. The Bertz CT molecular complexity index is 566. The van der Waals surface area contributed by atoms with Gasteiger partial charge >= 0.3 is 0 Å². The molecule has 1 atom stereocenters. The summed E-state index contributed by atoms with van der Waals surface area (Å²) in [5.74, 6) is 0.834. The number of amides is 1. The van der Waals surface area contributed by atoms with Crippen molar-refractivity contribution in [2.24, 2.45) is 0 Å². The van der Waals surface area contributed by atoms with Crippen LogP contribution in [-0.4, -0.2) is 39.2 Å². The number of carbonyl (C=O) groups excluding carboxylic acids is 1. The minimum atomic E-state index is -0.361. The van der Waals surface area contributed by atoms with Crippen LogP contribution in [0.25, 0.3) is 0 Å². The van der Waals surface area contributed by atoms with Crippen molar-refractivity contribution in [3.05, 3.63) is 42.5 Å². The van der Waals surface area contributed by atoms with E-state index in [0.717, 1.165) is 11.3 Å². The summed E-state index contributed by atoms with van der Waals surface area (Å²) in [7, 11) is 1.78. The lowest BCUT2D eigenvalue weighted by molar-refractivity contribution is -0.133. The van der Waals surface area contributed by atoms with Crippen LogP contribution < -0.4 is 4.74 Å². The van der Waals surface area contributed by atoms with Gasteiger partial charge in [0.15, 0.2) is 0 Å². The van der Waals surface area contributed by atoms with Crippen molar-refractivity contribution in [1.82, 2.24) is 19.7 Å². The van der Waals surface area contributed by atoms with Gasteiger partial charge in [-0.05, 0) is 31.5 Å². The molecule has 0 saturated carbocycles. The largest absolute Gasteiger partial charge is 0.494 e. The molecule has 21 heavy (non-hydrogen) atoms. The van der Waals surface area contributed by atoms with E-state index in [0.29, 0.717) is 13.2 Å². The summed E-state index contributed by atoms with van der Waals surface area (Å²) in [5.41, 5.74) is 1.06. The van der Waals surface area contributed by atoms with Crippen molar-refractivity contribution in [2.45, 2.75) is 26.4 Å². The third kappa shape index (κ3) is 3.81. The van der Waals surface area contributed by atoms with Gasteiger partial charge in [-0.2, -0.15) is 5.10 Å². The second kappa shape index (κ2) is 6.88. The minimum Gasteiger partial charge on any atom is -0.494 e. The van der Waals surface area contributed by atoms with Gasteiger partial charge in [0.05, 0.1) is 6.61 Å². The van der Waals surface area contributed by atoms with Crippen LogP contribution in [0.3, 0.4) is 0 Å². The first-order chi connectivity index (χ1) is 10.1. The van der Waals surface area contributed by atoms with E-state index in [1.54, 1.807) is 23.0 Å². The van der Waals surface area contributed by atoms with Crippen molar-refractivity contribution >= 4 is 5.91 Å². The zero-order valence-electron chi connectivity index (χ0n) is 12.6. The number of hydrogen-bond acceptors (Lipinski definition) is 4. The highest BCUT2D eigenvalue weighted by Crippen LogP contribution is 2.15. The van der Waals surface area contributed by atoms with E-state index in [1.165, 1.54) is 6.33 Å². The number of carbonyl (C=O) groups is 1. The molecule has 0 fully saturated rings. The number of likely N-dealkylation sites (N-methyl/N-ethyl adjacent to an activating group) is 1. The molecule has 0 saturated heterocycles. The molecule has 1 amide bonds. The number of rotatable bonds is 6. The number of ether oxygens (including phenoxy) is 1. The maximum absolute atomic E-state index is 12.3. The third-order valence-electron chi connectivity index (χ3n) is 3.22. The lowest BCUT2D eigenvalue weighted by atomic mass is 10.2. The molecule has 112 valence electrons. The molecule has 6 heteroatoms. The zero-order valence-corrected chi connectivity index (χ0v) is 12.6. The molecule has 6 nitrogen and oxygen atoms in total. The normalized spacial score (nSPS) is 12.0. The summed E-state index contributed by atoms with van der Waals surface area (Å²) >= 11 is 0. The fraction of sp³-hybridized carbons (Fsp3) is 0.400. The highest BCUT2D eigenvalue weighted by Gasteiger charge is 2.19. The minimum absolute atomic E-state index is 0.00520. The smallest absolute Gasteiger partial charge is 0.247 e. The Hall–Kier alpha value is -2.37. The molecule has 1 aromatic heterocycles. The monoisotopic (exact) mass is 288 g/mol. The van der Waals surface area contributed by atoms with Gasteiger partial charge in [0.1, 0.15) is 24.4 Å². The lowest BCUT2D eigenvalue weighted by Crippen LogP contribution is -2.32. The van der Waals surface area contributed by atoms with Gasteiger partial charge in [-0.15, -0.1) is 0 Å². The van der Waals surface area contributed by atoms with E-state index < -0.39 is 0 Å². The Morgan fingerprint density at radius 2 is 2.10 bits per heavy atom.